The van der Waals surface area contributed by atoms with Gasteiger partial charge < -0.3 is 9.84 Å². The van der Waals surface area contributed by atoms with Gasteiger partial charge in [0.2, 0.25) is 0 Å². The van der Waals surface area contributed by atoms with Crippen molar-refractivity contribution in [2.45, 2.75) is 64.6 Å². The summed E-state index contributed by atoms with van der Waals surface area (Å²) in [7, 11) is 1.85. The molecule has 0 aliphatic heterocycles. The molecule has 3 rings (SSSR count). The Morgan fingerprint density at radius 1 is 0.944 bits per heavy atom. The van der Waals surface area contributed by atoms with Crippen LogP contribution in [0, 0.1) is 29.1 Å². The van der Waals surface area contributed by atoms with E-state index in [1.165, 1.54) is 6.42 Å². The third-order valence-electron chi connectivity index (χ3n) is 6.84. The van der Waals surface area contributed by atoms with Gasteiger partial charge in [0.15, 0.2) is 0 Å². The second kappa shape index (κ2) is 3.52. The molecular formula is C16H28O2. The second-order valence-corrected chi connectivity index (χ2v) is 8.04. The number of hydrogen-bond acceptors (Lipinski definition) is 2. The van der Waals surface area contributed by atoms with E-state index in [0.29, 0.717) is 23.2 Å². The highest BCUT2D eigenvalue weighted by Gasteiger charge is 2.69. The maximum absolute atomic E-state index is 10.8. The number of ether oxygens (including phenoxy) is 1. The lowest BCUT2D eigenvalue weighted by Gasteiger charge is -2.40. The van der Waals surface area contributed by atoms with Crippen molar-refractivity contribution < 1.29 is 9.84 Å². The molecule has 0 radical (unpaired) electrons. The van der Waals surface area contributed by atoms with Crippen molar-refractivity contribution in [3.8, 4) is 0 Å². The zero-order valence-corrected chi connectivity index (χ0v) is 12.5. The standard InChI is InChI=1S/C16H28O2/c1-14(2)10-7-9-16(4,18-5)11-6-8-15(3,17)13(11)12(10)14/h10-13,17H,6-9H2,1-5H3/t10-,11-,12-,13-,15+,16-/m1/s1. The first-order valence-electron chi connectivity index (χ1n) is 7.51. The summed E-state index contributed by atoms with van der Waals surface area (Å²) >= 11 is 0. The molecule has 0 aromatic rings. The maximum atomic E-state index is 10.8. The highest BCUT2D eigenvalue weighted by molar-refractivity contribution is 5.18. The van der Waals surface area contributed by atoms with E-state index in [1.54, 1.807) is 0 Å². The van der Waals surface area contributed by atoms with Crippen LogP contribution in [-0.4, -0.2) is 23.4 Å². The Kier molecular flexibility index (Phi) is 2.53. The minimum Gasteiger partial charge on any atom is -0.390 e. The van der Waals surface area contributed by atoms with Gasteiger partial charge in [-0.15, -0.1) is 0 Å². The van der Waals surface area contributed by atoms with E-state index in [2.05, 4.69) is 27.7 Å². The van der Waals surface area contributed by atoms with Gasteiger partial charge in [-0.2, -0.15) is 0 Å². The van der Waals surface area contributed by atoms with E-state index >= 15 is 0 Å². The number of aliphatic hydroxyl groups is 1. The summed E-state index contributed by atoms with van der Waals surface area (Å²) in [5.41, 5.74) is -0.0630. The van der Waals surface area contributed by atoms with Crippen molar-refractivity contribution in [1.82, 2.24) is 0 Å². The van der Waals surface area contributed by atoms with E-state index in [9.17, 15) is 5.11 Å². The lowest BCUT2D eigenvalue weighted by Crippen LogP contribution is -2.44. The van der Waals surface area contributed by atoms with Gasteiger partial charge in [-0.3, -0.25) is 0 Å². The van der Waals surface area contributed by atoms with Gasteiger partial charge in [-0.25, -0.2) is 0 Å². The third-order valence-corrected chi connectivity index (χ3v) is 6.84. The van der Waals surface area contributed by atoms with Gasteiger partial charge in [-0.1, -0.05) is 13.8 Å². The van der Waals surface area contributed by atoms with E-state index in [-0.39, 0.29) is 5.60 Å². The van der Waals surface area contributed by atoms with Gasteiger partial charge in [-0.05, 0) is 68.6 Å². The van der Waals surface area contributed by atoms with Crippen LogP contribution in [0.1, 0.15) is 53.4 Å². The predicted octanol–water partition coefficient (Wildman–Crippen LogP) is 3.23. The molecule has 2 nitrogen and oxygen atoms in total. The van der Waals surface area contributed by atoms with E-state index in [0.717, 1.165) is 25.2 Å². The minimum absolute atomic E-state index is 0.0192. The summed E-state index contributed by atoms with van der Waals surface area (Å²) in [6, 6.07) is 0. The fraction of sp³-hybridized carbons (Fsp3) is 1.00. The Morgan fingerprint density at radius 3 is 2.17 bits per heavy atom. The lowest BCUT2D eigenvalue weighted by atomic mass is 9.73. The van der Waals surface area contributed by atoms with Crippen molar-refractivity contribution in [3.63, 3.8) is 0 Å². The van der Waals surface area contributed by atoms with Crippen LogP contribution in [0.5, 0.6) is 0 Å². The fourth-order valence-electron chi connectivity index (χ4n) is 5.48. The van der Waals surface area contributed by atoms with Crippen molar-refractivity contribution in [3.05, 3.63) is 0 Å². The SMILES string of the molecule is CO[C@]1(C)CC[C@@H]2[C@H]([C@H]3[C@H]1CC[C@]3(C)O)C2(C)C. The summed E-state index contributed by atoms with van der Waals surface area (Å²) in [6.45, 7) is 9.11. The van der Waals surface area contributed by atoms with Gasteiger partial charge in [0.05, 0.1) is 11.2 Å². The molecule has 2 heteroatoms. The molecule has 0 bridgehead atoms. The summed E-state index contributed by atoms with van der Waals surface area (Å²) < 4.78 is 5.89. The molecule has 1 N–H and O–H groups in total. The summed E-state index contributed by atoms with van der Waals surface area (Å²) in [5, 5.41) is 10.8. The second-order valence-electron chi connectivity index (χ2n) is 8.04. The van der Waals surface area contributed by atoms with E-state index < -0.39 is 5.60 Å². The maximum Gasteiger partial charge on any atom is 0.0682 e. The average molecular weight is 252 g/mol. The monoisotopic (exact) mass is 252 g/mol. The van der Waals surface area contributed by atoms with Crippen LogP contribution in [0.4, 0.5) is 0 Å². The highest BCUT2D eigenvalue weighted by atomic mass is 16.5. The Bertz CT molecular complexity index is 360. The molecule has 18 heavy (non-hydrogen) atoms. The molecule has 0 spiro atoms. The Hall–Kier alpha value is -0.0800. The molecule has 3 aliphatic carbocycles. The van der Waals surface area contributed by atoms with Crippen LogP contribution in [0.3, 0.4) is 0 Å². The van der Waals surface area contributed by atoms with Crippen LogP contribution in [0.25, 0.3) is 0 Å². The number of fused-ring (bicyclic) bond motifs is 3. The number of rotatable bonds is 1. The molecule has 3 aliphatic rings. The Morgan fingerprint density at radius 2 is 1.56 bits per heavy atom. The average Bonchev–Trinajstić information content (AvgIpc) is 2.72. The number of methoxy groups -OCH3 is 1. The topological polar surface area (TPSA) is 29.5 Å². The zero-order chi connectivity index (χ0) is 13.3. The predicted molar refractivity (Wildman–Crippen MR) is 72.2 cm³/mol. The van der Waals surface area contributed by atoms with Gasteiger partial charge in [0, 0.05) is 7.11 Å². The van der Waals surface area contributed by atoms with Gasteiger partial charge >= 0.3 is 0 Å². The zero-order valence-electron chi connectivity index (χ0n) is 12.5. The molecule has 0 saturated heterocycles. The summed E-state index contributed by atoms with van der Waals surface area (Å²) in [4.78, 5) is 0. The van der Waals surface area contributed by atoms with E-state index in [1.807, 2.05) is 7.11 Å². The number of hydrogen-bond donors (Lipinski definition) is 1. The molecule has 0 amide bonds. The van der Waals surface area contributed by atoms with Gasteiger partial charge in [0.1, 0.15) is 0 Å². The van der Waals surface area contributed by atoms with Crippen LogP contribution in [-0.2, 0) is 4.74 Å². The summed E-state index contributed by atoms with van der Waals surface area (Å²) in [5.74, 6) is 2.47. The van der Waals surface area contributed by atoms with Crippen molar-refractivity contribution >= 4 is 0 Å². The fourth-order valence-corrected chi connectivity index (χ4v) is 5.48. The molecule has 0 aromatic heterocycles. The molecule has 104 valence electrons. The lowest BCUT2D eigenvalue weighted by molar-refractivity contribution is -0.0886. The quantitative estimate of drug-likeness (QED) is 0.776. The van der Waals surface area contributed by atoms with Crippen molar-refractivity contribution in [1.29, 1.82) is 0 Å². The van der Waals surface area contributed by atoms with Crippen LogP contribution < -0.4 is 0 Å². The smallest absolute Gasteiger partial charge is 0.0682 e. The molecule has 0 aromatic carbocycles. The first-order valence-corrected chi connectivity index (χ1v) is 7.51. The van der Waals surface area contributed by atoms with Crippen molar-refractivity contribution in [2.24, 2.45) is 29.1 Å². The van der Waals surface area contributed by atoms with Crippen LogP contribution in [0.2, 0.25) is 0 Å². The first-order chi connectivity index (χ1) is 8.24. The molecule has 0 heterocycles. The van der Waals surface area contributed by atoms with Crippen LogP contribution in [0.15, 0.2) is 0 Å². The van der Waals surface area contributed by atoms with Crippen LogP contribution >= 0.6 is 0 Å². The summed E-state index contributed by atoms with van der Waals surface area (Å²) in [6.07, 6.45) is 4.50. The molecule has 3 saturated carbocycles. The molecule has 0 unspecified atom stereocenters. The normalized spacial score (nSPS) is 57.7. The largest absolute Gasteiger partial charge is 0.390 e. The van der Waals surface area contributed by atoms with Crippen molar-refractivity contribution in [2.75, 3.05) is 7.11 Å². The Labute approximate surface area is 111 Å². The Balaban J connectivity index is 1.99. The minimum atomic E-state index is -0.481. The highest BCUT2D eigenvalue weighted by Crippen LogP contribution is 2.72. The molecule has 3 fully saturated rings. The third kappa shape index (κ3) is 1.48. The molecular weight excluding hydrogens is 224 g/mol. The van der Waals surface area contributed by atoms with E-state index in [4.69, 9.17) is 4.74 Å². The molecule has 6 atom stereocenters. The first kappa shape index (κ1) is 12.9. The van der Waals surface area contributed by atoms with Gasteiger partial charge in [0.25, 0.3) is 0 Å².